The fourth-order valence-corrected chi connectivity index (χ4v) is 2.64. The highest BCUT2D eigenvalue weighted by molar-refractivity contribution is 5.93. The summed E-state index contributed by atoms with van der Waals surface area (Å²) in [5, 5.41) is 5.99. The first-order chi connectivity index (χ1) is 13.7. The molecule has 0 unspecified atom stereocenters. The van der Waals surface area contributed by atoms with E-state index in [9.17, 15) is 4.79 Å². The van der Waals surface area contributed by atoms with E-state index in [1.54, 1.807) is 6.07 Å². The summed E-state index contributed by atoms with van der Waals surface area (Å²) < 4.78 is 11.3. The van der Waals surface area contributed by atoms with Crippen LogP contribution in [0.2, 0.25) is 0 Å². The lowest BCUT2D eigenvalue weighted by Crippen LogP contribution is -2.21. The van der Waals surface area contributed by atoms with Gasteiger partial charge in [0, 0.05) is 17.4 Å². The van der Waals surface area contributed by atoms with Crippen LogP contribution in [0, 0.1) is 6.92 Å². The normalized spacial score (nSPS) is 10.2. The lowest BCUT2D eigenvalue weighted by Gasteiger charge is -2.11. The van der Waals surface area contributed by atoms with Crippen LogP contribution in [0.4, 0.5) is 11.4 Å². The molecule has 0 aromatic heterocycles. The highest BCUT2D eigenvalue weighted by Crippen LogP contribution is 2.17. The van der Waals surface area contributed by atoms with Gasteiger partial charge in [0.2, 0.25) is 5.91 Å². The first-order valence-electron chi connectivity index (χ1n) is 9.20. The van der Waals surface area contributed by atoms with Crippen LogP contribution in [0.15, 0.2) is 78.9 Å². The van der Waals surface area contributed by atoms with E-state index in [2.05, 4.69) is 10.6 Å². The van der Waals surface area contributed by atoms with Gasteiger partial charge < -0.3 is 20.1 Å². The van der Waals surface area contributed by atoms with Crippen molar-refractivity contribution in [2.45, 2.75) is 6.92 Å². The van der Waals surface area contributed by atoms with Crippen LogP contribution in [0.5, 0.6) is 11.5 Å². The molecule has 0 atom stereocenters. The number of hydrogen-bond acceptors (Lipinski definition) is 4. The minimum atomic E-state index is -0.119. The maximum atomic E-state index is 12.2. The zero-order valence-corrected chi connectivity index (χ0v) is 15.9. The zero-order valence-electron chi connectivity index (χ0n) is 15.9. The van der Waals surface area contributed by atoms with Crippen molar-refractivity contribution < 1.29 is 14.3 Å². The molecule has 3 aromatic carbocycles. The molecule has 0 aliphatic heterocycles. The van der Waals surface area contributed by atoms with Crippen LogP contribution in [-0.2, 0) is 4.79 Å². The van der Waals surface area contributed by atoms with Crippen LogP contribution >= 0.6 is 0 Å². The molecule has 0 aliphatic carbocycles. The summed E-state index contributed by atoms with van der Waals surface area (Å²) >= 11 is 0. The van der Waals surface area contributed by atoms with Gasteiger partial charge in [-0.25, -0.2) is 0 Å². The molecular formula is C23H24N2O3. The molecule has 0 fully saturated rings. The third-order valence-electron chi connectivity index (χ3n) is 3.95. The molecule has 0 heterocycles. The number of amides is 1. The summed E-state index contributed by atoms with van der Waals surface area (Å²) in [5.74, 6) is 1.38. The van der Waals surface area contributed by atoms with Gasteiger partial charge in [-0.1, -0.05) is 36.4 Å². The van der Waals surface area contributed by atoms with Crippen molar-refractivity contribution >= 4 is 17.3 Å². The minimum Gasteiger partial charge on any atom is -0.490 e. The quantitative estimate of drug-likeness (QED) is 0.540. The van der Waals surface area contributed by atoms with Gasteiger partial charge in [-0.05, 0) is 48.9 Å². The molecule has 28 heavy (non-hydrogen) atoms. The predicted molar refractivity (Wildman–Crippen MR) is 112 cm³/mol. The Morgan fingerprint density at radius 1 is 0.786 bits per heavy atom. The Balaban J connectivity index is 1.42. The minimum absolute atomic E-state index is 0.119. The number of carbonyl (C=O) groups excluding carboxylic acids is 1. The van der Waals surface area contributed by atoms with Gasteiger partial charge in [-0.15, -0.1) is 0 Å². The molecule has 1 amide bonds. The standard InChI is InChI=1S/C23H24N2O3/c1-18-7-5-8-19(15-18)24-17-23(26)25-20-9-6-12-22(16-20)28-14-13-27-21-10-3-2-4-11-21/h2-12,15-16,24H,13-14,17H2,1H3,(H,25,26). The van der Waals surface area contributed by atoms with Crippen molar-refractivity contribution in [3.63, 3.8) is 0 Å². The fourth-order valence-electron chi connectivity index (χ4n) is 2.64. The average molecular weight is 376 g/mol. The molecule has 5 heteroatoms. The van der Waals surface area contributed by atoms with Crippen molar-refractivity contribution in [3.8, 4) is 11.5 Å². The SMILES string of the molecule is Cc1cccc(NCC(=O)Nc2cccc(OCCOc3ccccc3)c2)c1. The molecule has 0 radical (unpaired) electrons. The second kappa shape index (κ2) is 10.0. The first-order valence-corrected chi connectivity index (χ1v) is 9.20. The van der Waals surface area contributed by atoms with Gasteiger partial charge >= 0.3 is 0 Å². The molecule has 5 nitrogen and oxygen atoms in total. The van der Waals surface area contributed by atoms with Crippen LogP contribution in [0.3, 0.4) is 0 Å². The van der Waals surface area contributed by atoms with Crippen LogP contribution in [0.25, 0.3) is 0 Å². The zero-order chi connectivity index (χ0) is 19.6. The van der Waals surface area contributed by atoms with Crippen molar-refractivity contribution in [2.24, 2.45) is 0 Å². The van der Waals surface area contributed by atoms with Crippen molar-refractivity contribution in [2.75, 3.05) is 30.4 Å². The lowest BCUT2D eigenvalue weighted by atomic mass is 10.2. The number of carbonyl (C=O) groups is 1. The number of rotatable bonds is 9. The van der Waals surface area contributed by atoms with Gasteiger partial charge in [0.25, 0.3) is 0 Å². The smallest absolute Gasteiger partial charge is 0.243 e. The van der Waals surface area contributed by atoms with Gasteiger partial charge in [0.05, 0.1) is 6.54 Å². The van der Waals surface area contributed by atoms with Gasteiger partial charge in [0.15, 0.2) is 0 Å². The van der Waals surface area contributed by atoms with E-state index in [0.717, 1.165) is 17.0 Å². The maximum absolute atomic E-state index is 12.2. The van der Waals surface area contributed by atoms with Crippen molar-refractivity contribution in [1.29, 1.82) is 0 Å². The summed E-state index contributed by atoms with van der Waals surface area (Å²) in [7, 11) is 0. The number of benzene rings is 3. The Morgan fingerprint density at radius 2 is 1.46 bits per heavy atom. The second-order valence-electron chi connectivity index (χ2n) is 6.31. The van der Waals surface area contributed by atoms with Crippen LogP contribution in [-0.4, -0.2) is 25.7 Å². The van der Waals surface area contributed by atoms with E-state index in [-0.39, 0.29) is 12.5 Å². The number of anilines is 2. The fraction of sp³-hybridized carbons (Fsp3) is 0.174. The van der Waals surface area contributed by atoms with E-state index in [4.69, 9.17) is 9.47 Å². The molecule has 3 aromatic rings. The van der Waals surface area contributed by atoms with E-state index in [0.29, 0.717) is 24.7 Å². The summed E-state index contributed by atoms with van der Waals surface area (Å²) in [6, 6.07) is 24.8. The Labute approximate surface area is 165 Å². The lowest BCUT2D eigenvalue weighted by molar-refractivity contribution is -0.114. The molecule has 0 saturated carbocycles. The number of aryl methyl sites for hydroxylation is 1. The Kier molecular flexibility index (Phi) is 6.90. The Hall–Kier alpha value is -3.47. The number of ether oxygens (including phenoxy) is 2. The van der Waals surface area contributed by atoms with Crippen LogP contribution in [0.1, 0.15) is 5.56 Å². The monoisotopic (exact) mass is 376 g/mol. The van der Waals surface area contributed by atoms with Crippen molar-refractivity contribution in [1.82, 2.24) is 0 Å². The molecule has 0 saturated heterocycles. The summed E-state index contributed by atoms with van der Waals surface area (Å²) in [4.78, 5) is 12.2. The highest BCUT2D eigenvalue weighted by Gasteiger charge is 2.04. The maximum Gasteiger partial charge on any atom is 0.243 e. The predicted octanol–water partition coefficient (Wildman–Crippen LogP) is 4.50. The van der Waals surface area contributed by atoms with E-state index in [1.165, 1.54) is 0 Å². The molecule has 0 spiro atoms. The summed E-state index contributed by atoms with van der Waals surface area (Å²) in [6.45, 7) is 3.07. The molecule has 3 rings (SSSR count). The molecule has 0 bridgehead atoms. The topological polar surface area (TPSA) is 59.6 Å². The molecule has 144 valence electrons. The third kappa shape index (κ3) is 6.36. The van der Waals surface area contributed by atoms with Gasteiger partial charge in [-0.3, -0.25) is 4.79 Å². The number of para-hydroxylation sites is 1. The summed E-state index contributed by atoms with van der Waals surface area (Å²) in [6.07, 6.45) is 0. The second-order valence-corrected chi connectivity index (χ2v) is 6.31. The first kappa shape index (κ1) is 19.3. The van der Waals surface area contributed by atoms with E-state index in [1.807, 2.05) is 79.7 Å². The van der Waals surface area contributed by atoms with Gasteiger partial charge in [-0.2, -0.15) is 0 Å². The van der Waals surface area contributed by atoms with Crippen molar-refractivity contribution in [3.05, 3.63) is 84.4 Å². The van der Waals surface area contributed by atoms with E-state index < -0.39 is 0 Å². The van der Waals surface area contributed by atoms with Gasteiger partial charge in [0.1, 0.15) is 24.7 Å². The summed E-state index contributed by atoms with van der Waals surface area (Å²) in [5.41, 5.74) is 2.76. The number of nitrogens with one attached hydrogen (secondary N) is 2. The molecular weight excluding hydrogens is 352 g/mol. The van der Waals surface area contributed by atoms with Crippen LogP contribution < -0.4 is 20.1 Å². The third-order valence-corrected chi connectivity index (χ3v) is 3.95. The number of hydrogen-bond donors (Lipinski definition) is 2. The Morgan fingerprint density at radius 3 is 2.25 bits per heavy atom. The molecule has 2 N–H and O–H groups in total. The highest BCUT2D eigenvalue weighted by atomic mass is 16.5. The largest absolute Gasteiger partial charge is 0.490 e. The molecule has 0 aliphatic rings. The average Bonchev–Trinajstić information content (AvgIpc) is 2.71. The van der Waals surface area contributed by atoms with E-state index >= 15 is 0 Å². The Bertz CT molecular complexity index is 897.